The van der Waals surface area contributed by atoms with E-state index >= 15 is 0 Å². The molecule has 1 heterocycles. The van der Waals surface area contributed by atoms with Crippen LogP contribution in [-0.4, -0.2) is 11.5 Å². The zero-order chi connectivity index (χ0) is 13.7. The minimum Gasteiger partial charge on any atom is -0.310 e. The summed E-state index contributed by atoms with van der Waals surface area (Å²) in [4.78, 5) is 5.52. The van der Waals surface area contributed by atoms with Crippen molar-refractivity contribution in [3.63, 3.8) is 0 Å². The summed E-state index contributed by atoms with van der Waals surface area (Å²) in [5.41, 5.74) is 1.28. The maximum atomic E-state index is 4.33. The second-order valence-corrected chi connectivity index (χ2v) is 6.18. The third kappa shape index (κ3) is 4.06. The fourth-order valence-electron chi connectivity index (χ4n) is 1.87. The molecule has 0 saturated carbocycles. The monoisotopic (exact) mass is 336 g/mol. The maximum Gasteiger partial charge on any atom is 0.101 e. The molecular weight excluding hydrogens is 320 g/mol. The van der Waals surface area contributed by atoms with Gasteiger partial charge in [-0.05, 0) is 43.3 Å². The van der Waals surface area contributed by atoms with Crippen LogP contribution in [0.5, 0.6) is 0 Å². The number of hydrogen-bond donors (Lipinski definition) is 1. The molecule has 0 saturated heterocycles. The lowest BCUT2D eigenvalue weighted by Gasteiger charge is -2.15. The highest BCUT2D eigenvalue weighted by Crippen LogP contribution is 2.31. The fourth-order valence-corrected chi connectivity index (χ4v) is 3.56. The van der Waals surface area contributed by atoms with E-state index in [1.54, 1.807) is 11.8 Å². The SMILES string of the molecule is CCNC(C)c1ccc(Sc2ccccn2)cc1Br. The first-order valence-electron chi connectivity index (χ1n) is 6.32. The molecule has 0 aliphatic rings. The van der Waals surface area contributed by atoms with E-state index in [1.165, 1.54) is 10.5 Å². The van der Waals surface area contributed by atoms with Crippen LogP contribution in [0.2, 0.25) is 0 Å². The van der Waals surface area contributed by atoms with Crippen LogP contribution < -0.4 is 5.32 Å². The Labute approximate surface area is 127 Å². The third-order valence-electron chi connectivity index (χ3n) is 2.81. The number of pyridine rings is 1. The summed E-state index contributed by atoms with van der Waals surface area (Å²) in [6.07, 6.45) is 1.82. The van der Waals surface area contributed by atoms with Crippen molar-refractivity contribution in [1.29, 1.82) is 0 Å². The summed E-state index contributed by atoms with van der Waals surface area (Å²) >= 11 is 5.33. The van der Waals surface area contributed by atoms with Gasteiger partial charge in [0.15, 0.2) is 0 Å². The van der Waals surface area contributed by atoms with Gasteiger partial charge < -0.3 is 5.32 Å². The van der Waals surface area contributed by atoms with Crippen LogP contribution in [0.15, 0.2) is 57.0 Å². The van der Waals surface area contributed by atoms with Gasteiger partial charge in [0.05, 0.1) is 0 Å². The van der Waals surface area contributed by atoms with Crippen molar-refractivity contribution in [1.82, 2.24) is 10.3 Å². The lowest BCUT2D eigenvalue weighted by molar-refractivity contribution is 0.595. The summed E-state index contributed by atoms with van der Waals surface area (Å²) in [6, 6.07) is 12.8. The maximum absolute atomic E-state index is 4.33. The molecule has 0 amide bonds. The molecule has 1 aromatic carbocycles. The molecule has 0 aliphatic heterocycles. The first-order valence-corrected chi connectivity index (χ1v) is 7.93. The van der Waals surface area contributed by atoms with Crippen molar-refractivity contribution in [3.05, 3.63) is 52.6 Å². The predicted molar refractivity (Wildman–Crippen MR) is 84.6 cm³/mol. The molecule has 0 fully saturated rings. The summed E-state index contributed by atoms with van der Waals surface area (Å²) in [7, 11) is 0. The van der Waals surface area contributed by atoms with Gasteiger partial charge >= 0.3 is 0 Å². The highest BCUT2D eigenvalue weighted by Gasteiger charge is 2.09. The number of hydrogen-bond acceptors (Lipinski definition) is 3. The minimum atomic E-state index is 0.355. The van der Waals surface area contributed by atoms with Crippen LogP contribution >= 0.6 is 27.7 Å². The molecule has 19 heavy (non-hydrogen) atoms. The van der Waals surface area contributed by atoms with E-state index in [0.29, 0.717) is 6.04 Å². The fraction of sp³-hybridized carbons (Fsp3) is 0.267. The average Bonchev–Trinajstić information content (AvgIpc) is 2.40. The lowest BCUT2D eigenvalue weighted by Crippen LogP contribution is -2.17. The highest BCUT2D eigenvalue weighted by atomic mass is 79.9. The van der Waals surface area contributed by atoms with Gasteiger partial charge in [-0.3, -0.25) is 0 Å². The van der Waals surface area contributed by atoms with E-state index in [1.807, 2.05) is 24.4 Å². The summed E-state index contributed by atoms with van der Waals surface area (Å²) in [5.74, 6) is 0. The molecule has 2 aromatic rings. The summed E-state index contributed by atoms with van der Waals surface area (Å²) in [6.45, 7) is 5.27. The van der Waals surface area contributed by atoms with Crippen LogP contribution in [0, 0.1) is 0 Å². The molecule has 1 unspecified atom stereocenters. The topological polar surface area (TPSA) is 24.9 Å². The van der Waals surface area contributed by atoms with E-state index in [4.69, 9.17) is 0 Å². The van der Waals surface area contributed by atoms with Gasteiger partial charge in [0.1, 0.15) is 5.03 Å². The van der Waals surface area contributed by atoms with Gasteiger partial charge in [-0.15, -0.1) is 0 Å². The molecule has 0 bridgehead atoms. The Bertz CT molecular complexity index is 531. The van der Waals surface area contributed by atoms with E-state index < -0.39 is 0 Å². The van der Waals surface area contributed by atoms with Gasteiger partial charge in [0.25, 0.3) is 0 Å². The van der Waals surface area contributed by atoms with Crippen molar-refractivity contribution >= 4 is 27.7 Å². The molecule has 0 aliphatic carbocycles. The quantitative estimate of drug-likeness (QED) is 0.858. The molecule has 2 rings (SSSR count). The molecule has 0 radical (unpaired) electrons. The van der Waals surface area contributed by atoms with Crippen LogP contribution in [0.3, 0.4) is 0 Å². The molecule has 100 valence electrons. The van der Waals surface area contributed by atoms with Crippen LogP contribution in [0.1, 0.15) is 25.5 Å². The van der Waals surface area contributed by atoms with E-state index in [2.05, 4.69) is 58.3 Å². The predicted octanol–water partition coefficient (Wildman–Crippen LogP) is 4.67. The van der Waals surface area contributed by atoms with Crippen molar-refractivity contribution in [3.8, 4) is 0 Å². The zero-order valence-electron chi connectivity index (χ0n) is 11.1. The smallest absolute Gasteiger partial charge is 0.101 e. The van der Waals surface area contributed by atoms with Gasteiger partial charge in [0.2, 0.25) is 0 Å². The molecule has 4 heteroatoms. The third-order valence-corrected chi connectivity index (χ3v) is 4.44. The lowest BCUT2D eigenvalue weighted by atomic mass is 10.1. The Balaban J connectivity index is 2.15. The number of halogens is 1. The molecule has 1 aromatic heterocycles. The number of nitrogens with zero attached hydrogens (tertiary/aromatic N) is 1. The van der Waals surface area contributed by atoms with Crippen molar-refractivity contribution in [2.45, 2.75) is 29.8 Å². The number of benzene rings is 1. The molecule has 2 nitrogen and oxygen atoms in total. The standard InChI is InChI=1S/C15H17BrN2S/c1-3-17-11(2)13-8-7-12(10-14(13)16)19-15-6-4-5-9-18-15/h4-11,17H,3H2,1-2H3. The molecule has 1 N–H and O–H groups in total. The van der Waals surface area contributed by atoms with Gasteiger partial charge in [-0.2, -0.15) is 0 Å². The van der Waals surface area contributed by atoms with Crippen LogP contribution in [-0.2, 0) is 0 Å². The molecule has 0 spiro atoms. The van der Waals surface area contributed by atoms with Crippen molar-refractivity contribution < 1.29 is 0 Å². The van der Waals surface area contributed by atoms with E-state index in [9.17, 15) is 0 Å². The van der Waals surface area contributed by atoms with Gasteiger partial charge in [-0.1, -0.05) is 46.7 Å². The second-order valence-electron chi connectivity index (χ2n) is 4.23. The first kappa shape index (κ1) is 14.6. The zero-order valence-corrected chi connectivity index (χ0v) is 13.5. The molecular formula is C15H17BrN2S. The highest BCUT2D eigenvalue weighted by molar-refractivity contribution is 9.10. The van der Waals surface area contributed by atoms with Crippen molar-refractivity contribution in [2.24, 2.45) is 0 Å². The minimum absolute atomic E-state index is 0.355. The molecule has 1 atom stereocenters. The average molecular weight is 337 g/mol. The Morgan fingerprint density at radius 2 is 2.16 bits per heavy atom. The number of aromatic nitrogens is 1. The van der Waals surface area contributed by atoms with Crippen LogP contribution in [0.25, 0.3) is 0 Å². The van der Waals surface area contributed by atoms with Gasteiger partial charge in [0, 0.05) is 21.6 Å². The Morgan fingerprint density at radius 3 is 2.79 bits per heavy atom. The second kappa shape index (κ2) is 7.08. The Morgan fingerprint density at radius 1 is 1.32 bits per heavy atom. The van der Waals surface area contributed by atoms with Crippen molar-refractivity contribution in [2.75, 3.05) is 6.54 Å². The summed E-state index contributed by atoms with van der Waals surface area (Å²) in [5, 5.41) is 4.44. The first-order chi connectivity index (χ1) is 9.20. The normalized spacial score (nSPS) is 12.4. The number of nitrogens with one attached hydrogen (secondary N) is 1. The van der Waals surface area contributed by atoms with Crippen LogP contribution in [0.4, 0.5) is 0 Å². The number of rotatable bonds is 5. The van der Waals surface area contributed by atoms with E-state index in [-0.39, 0.29) is 0 Å². The largest absolute Gasteiger partial charge is 0.310 e. The summed E-state index contributed by atoms with van der Waals surface area (Å²) < 4.78 is 1.14. The van der Waals surface area contributed by atoms with E-state index in [0.717, 1.165) is 16.0 Å². The Kier molecular flexibility index (Phi) is 5.43. The Hall–Kier alpha value is -0.840. The van der Waals surface area contributed by atoms with Gasteiger partial charge in [-0.25, -0.2) is 4.98 Å².